The van der Waals surface area contributed by atoms with Gasteiger partial charge in [0.25, 0.3) is 0 Å². The molecule has 110 valence electrons. The second kappa shape index (κ2) is 6.85. The minimum absolute atomic E-state index is 0.0317. The molecular weight excluding hydrogens is 297 g/mol. The first-order valence-electron chi connectivity index (χ1n) is 6.06. The van der Waals surface area contributed by atoms with E-state index < -0.39 is 11.8 Å². The van der Waals surface area contributed by atoms with Crippen LogP contribution < -0.4 is 10.1 Å². The predicted molar refractivity (Wildman–Crippen MR) is 76.4 cm³/mol. The van der Waals surface area contributed by atoms with Crippen molar-refractivity contribution < 1.29 is 23.8 Å². The predicted octanol–water partition coefficient (Wildman–Crippen LogP) is 2.99. The SMILES string of the molecule is O=C(CCOc1ccccc1F)Nc1ccc(C(=O)O)s1. The molecule has 1 amide bonds. The molecular formula is C14H12FNO4S. The molecule has 1 heterocycles. The zero-order valence-corrected chi connectivity index (χ0v) is 11.7. The van der Waals surface area contributed by atoms with Crippen molar-refractivity contribution in [1.82, 2.24) is 0 Å². The Bertz CT molecular complexity index is 656. The number of amides is 1. The number of carboxylic acid groups (broad SMARTS) is 1. The molecule has 0 saturated heterocycles. The smallest absolute Gasteiger partial charge is 0.345 e. The molecule has 1 aromatic heterocycles. The van der Waals surface area contributed by atoms with Gasteiger partial charge in [-0.25, -0.2) is 9.18 Å². The van der Waals surface area contributed by atoms with Gasteiger partial charge in [0.1, 0.15) is 4.88 Å². The van der Waals surface area contributed by atoms with Crippen LogP contribution in [0.3, 0.4) is 0 Å². The van der Waals surface area contributed by atoms with Crippen LogP contribution in [0.5, 0.6) is 5.75 Å². The number of benzene rings is 1. The van der Waals surface area contributed by atoms with E-state index in [9.17, 15) is 14.0 Å². The Labute approximate surface area is 124 Å². The molecule has 7 heteroatoms. The van der Waals surface area contributed by atoms with Crippen LogP contribution in [0.25, 0.3) is 0 Å². The zero-order chi connectivity index (χ0) is 15.2. The molecule has 21 heavy (non-hydrogen) atoms. The van der Waals surface area contributed by atoms with E-state index in [4.69, 9.17) is 9.84 Å². The van der Waals surface area contributed by atoms with Gasteiger partial charge in [0.2, 0.25) is 5.91 Å². The minimum atomic E-state index is -1.04. The lowest BCUT2D eigenvalue weighted by Gasteiger charge is -2.06. The van der Waals surface area contributed by atoms with E-state index in [0.717, 1.165) is 11.3 Å². The van der Waals surface area contributed by atoms with Gasteiger partial charge in [0.15, 0.2) is 11.6 Å². The summed E-state index contributed by atoms with van der Waals surface area (Å²) in [6.07, 6.45) is 0.0363. The highest BCUT2D eigenvalue weighted by Gasteiger charge is 2.10. The molecule has 0 spiro atoms. The molecule has 1 aromatic carbocycles. The molecule has 0 unspecified atom stereocenters. The van der Waals surface area contributed by atoms with Crippen LogP contribution in [-0.2, 0) is 4.79 Å². The number of hydrogen-bond acceptors (Lipinski definition) is 4. The Morgan fingerprint density at radius 3 is 2.67 bits per heavy atom. The van der Waals surface area contributed by atoms with Crippen LogP contribution in [0, 0.1) is 5.82 Å². The quantitative estimate of drug-likeness (QED) is 0.860. The molecule has 0 atom stereocenters. The molecule has 5 nitrogen and oxygen atoms in total. The fourth-order valence-corrected chi connectivity index (χ4v) is 2.30. The molecule has 0 radical (unpaired) electrons. The van der Waals surface area contributed by atoms with E-state index in [-0.39, 0.29) is 29.6 Å². The van der Waals surface area contributed by atoms with Crippen LogP contribution in [-0.4, -0.2) is 23.6 Å². The van der Waals surface area contributed by atoms with Gasteiger partial charge in [-0.2, -0.15) is 0 Å². The number of ether oxygens (including phenoxy) is 1. The van der Waals surface area contributed by atoms with Crippen molar-refractivity contribution in [3.8, 4) is 5.75 Å². The number of rotatable bonds is 6. The molecule has 0 bridgehead atoms. The number of nitrogens with one attached hydrogen (secondary N) is 1. The van der Waals surface area contributed by atoms with E-state index >= 15 is 0 Å². The average Bonchev–Trinajstić information content (AvgIpc) is 2.89. The highest BCUT2D eigenvalue weighted by molar-refractivity contribution is 7.18. The maximum Gasteiger partial charge on any atom is 0.345 e. The fourth-order valence-electron chi connectivity index (χ4n) is 1.54. The molecule has 0 saturated carbocycles. The van der Waals surface area contributed by atoms with E-state index in [1.807, 2.05) is 0 Å². The third kappa shape index (κ3) is 4.28. The first-order chi connectivity index (χ1) is 10.1. The van der Waals surface area contributed by atoms with Crippen LogP contribution in [0.2, 0.25) is 0 Å². The number of carboxylic acids is 1. The molecule has 2 N–H and O–H groups in total. The lowest BCUT2D eigenvalue weighted by Crippen LogP contribution is -2.14. The lowest BCUT2D eigenvalue weighted by atomic mass is 10.3. The summed E-state index contributed by atoms with van der Waals surface area (Å²) in [7, 11) is 0. The average molecular weight is 309 g/mol. The molecule has 0 fully saturated rings. The Morgan fingerprint density at radius 1 is 1.24 bits per heavy atom. The number of para-hydroxylation sites is 1. The molecule has 0 aliphatic heterocycles. The Kier molecular flexibility index (Phi) is 4.89. The summed E-state index contributed by atoms with van der Waals surface area (Å²) in [5.41, 5.74) is 0. The first kappa shape index (κ1) is 15.0. The zero-order valence-electron chi connectivity index (χ0n) is 10.8. The summed E-state index contributed by atoms with van der Waals surface area (Å²) in [5.74, 6) is -1.76. The van der Waals surface area contributed by atoms with Gasteiger partial charge in [-0.3, -0.25) is 4.79 Å². The molecule has 0 aliphatic rings. The summed E-state index contributed by atoms with van der Waals surface area (Å²) < 4.78 is 18.4. The third-order valence-corrected chi connectivity index (χ3v) is 3.49. The second-order valence-corrected chi connectivity index (χ2v) is 5.13. The van der Waals surface area contributed by atoms with Crippen LogP contribution in [0.15, 0.2) is 36.4 Å². The van der Waals surface area contributed by atoms with Gasteiger partial charge < -0.3 is 15.2 Å². The number of carbonyl (C=O) groups excluding carboxylic acids is 1. The number of carbonyl (C=O) groups is 2. The Morgan fingerprint density at radius 2 is 2.00 bits per heavy atom. The van der Waals surface area contributed by atoms with Crippen LogP contribution in [0.4, 0.5) is 9.39 Å². The summed E-state index contributed by atoms with van der Waals surface area (Å²) in [4.78, 5) is 22.5. The molecule has 2 rings (SSSR count). The van der Waals surface area contributed by atoms with Crippen molar-refractivity contribution in [2.24, 2.45) is 0 Å². The van der Waals surface area contributed by atoms with Crippen molar-refractivity contribution in [1.29, 1.82) is 0 Å². The first-order valence-corrected chi connectivity index (χ1v) is 6.88. The van der Waals surface area contributed by atoms with Crippen molar-refractivity contribution in [2.75, 3.05) is 11.9 Å². The van der Waals surface area contributed by atoms with E-state index in [2.05, 4.69) is 5.32 Å². The molecule has 0 aliphatic carbocycles. The maximum absolute atomic E-state index is 13.3. The molecule has 2 aromatic rings. The lowest BCUT2D eigenvalue weighted by molar-refractivity contribution is -0.116. The summed E-state index contributed by atoms with van der Waals surface area (Å²) in [6.45, 7) is 0.0317. The van der Waals surface area contributed by atoms with Gasteiger partial charge in [-0.15, -0.1) is 11.3 Å². The number of hydrogen-bond donors (Lipinski definition) is 2. The van der Waals surface area contributed by atoms with Gasteiger partial charge in [-0.1, -0.05) is 12.1 Å². The topological polar surface area (TPSA) is 75.6 Å². The Hall–Kier alpha value is -2.41. The van der Waals surface area contributed by atoms with Crippen molar-refractivity contribution in [3.05, 3.63) is 47.1 Å². The van der Waals surface area contributed by atoms with Crippen molar-refractivity contribution in [2.45, 2.75) is 6.42 Å². The second-order valence-electron chi connectivity index (χ2n) is 4.05. The maximum atomic E-state index is 13.3. The highest BCUT2D eigenvalue weighted by Crippen LogP contribution is 2.22. The van der Waals surface area contributed by atoms with Crippen LogP contribution in [0.1, 0.15) is 16.1 Å². The Balaban J connectivity index is 1.79. The number of halogens is 1. The summed E-state index contributed by atoms with van der Waals surface area (Å²) in [5, 5.41) is 11.8. The third-order valence-electron chi connectivity index (χ3n) is 2.50. The normalized spacial score (nSPS) is 10.1. The van der Waals surface area contributed by atoms with E-state index in [0.29, 0.717) is 5.00 Å². The highest BCUT2D eigenvalue weighted by atomic mass is 32.1. The van der Waals surface area contributed by atoms with Gasteiger partial charge >= 0.3 is 5.97 Å². The van der Waals surface area contributed by atoms with Gasteiger partial charge in [0.05, 0.1) is 18.0 Å². The summed E-state index contributed by atoms with van der Waals surface area (Å²) in [6, 6.07) is 8.87. The van der Waals surface area contributed by atoms with Gasteiger partial charge in [0, 0.05) is 0 Å². The van der Waals surface area contributed by atoms with E-state index in [1.54, 1.807) is 12.1 Å². The largest absolute Gasteiger partial charge is 0.490 e. The monoisotopic (exact) mass is 309 g/mol. The summed E-state index contributed by atoms with van der Waals surface area (Å²) >= 11 is 0.969. The van der Waals surface area contributed by atoms with Gasteiger partial charge in [-0.05, 0) is 24.3 Å². The van der Waals surface area contributed by atoms with Crippen LogP contribution >= 0.6 is 11.3 Å². The van der Waals surface area contributed by atoms with Crippen molar-refractivity contribution >= 4 is 28.2 Å². The number of anilines is 1. The van der Waals surface area contributed by atoms with E-state index in [1.165, 1.54) is 24.3 Å². The standard InChI is InChI=1S/C14H12FNO4S/c15-9-3-1-2-4-10(9)20-8-7-12(17)16-13-6-5-11(21-13)14(18)19/h1-6H,7-8H2,(H,16,17)(H,18,19). The minimum Gasteiger partial charge on any atom is -0.490 e. The van der Waals surface area contributed by atoms with Crippen molar-refractivity contribution in [3.63, 3.8) is 0 Å². The number of thiophene rings is 1. The number of aromatic carboxylic acids is 1. The fraction of sp³-hybridized carbons (Fsp3) is 0.143.